The van der Waals surface area contributed by atoms with Crippen molar-refractivity contribution in [1.82, 2.24) is 10.7 Å². The van der Waals surface area contributed by atoms with E-state index in [1.807, 2.05) is 30.3 Å². The SMILES string of the molecule is O=C(COc1ccc(/C=N\NC(=O)CN(c2ccccc2)S(=O)(=O)c2ccccc2[N+](=O)[O-])cc1)NCc1ccccc1. The number of ether oxygens (including phenoxy) is 1. The molecule has 0 saturated carbocycles. The van der Waals surface area contributed by atoms with Crippen molar-refractivity contribution in [3.63, 3.8) is 0 Å². The molecule has 0 aromatic heterocycles. The molecule has 0 aliphatic carbocycles. The fourth-order valence-corrected chi connectivity index (χ4v) is 5.43. The van der Waals surface area contributed by atoms with Crippen LogP contribution < -0.4 is 19.8 Å². The molecule has 2 amide bonds. The Labute approximate surface area is 247 Å². The largest absolute Gasteiger partial charge is 0.484 e. The van der Waals surface area contributed by atoms with Crippen molar-refractivity contribution in [3.05, 3.63) is 130 Å². The van der Waals surface area contributed by atoms with Gasteiger partial charge in [0.25, 0.3) is 27.5 Å². The van der Waals surface area contributed by atoms with Crippen molar-refractivity contribution in [3.8, 4) is 5.75 Å². The van der Waals surface area contributed by atoms with Gasteiger partial charge in [0.05, 0.1) is 16.8 Å². The molecule has 12 nitrogen and oxygen atoms in total. The maximum Gasteiger partial charge on any atom is 0.289 e. The van der Waals surface area contributed by atoms with Gasteiger partial charge in [-0.05, 0) is 53.6 Å². The number of carbonyl (C=O) groups excluding carboxylic acids is 2. The molecule has 4 aromatic carbocycles. The van der Waals surface area contributed by atoms with Gasteiger partial charge in [-0.25, -0.2) is 13.8 Å². The third-order valence-electron chi connectivity index (χ3n) is 5.95. The first-order valence-corrected chi connectivity index (χ1v) is 14.3. The number of hydrogen-bond donors (Lipinski definition) is 2. The lowest BCUT2D eigenvalue weighted by Gasteiger charge is -2.23. The van der Waals surface area contributed by atoms with Crippen LogP contribution in [0.25, 0.3) is 0 Å². The van der Waals surface area contributed by atoms with E-state index in [0.717, 1.165) is 22.0 Å². The van der Waals surface area contributed by atoms with E-state index in [4.69, 9.17) is 4.74 Å². The second kappa shape index (κ2) is 14.4. The Morgan fingerprint density at radius 2 is 1.49 bits per heavy atom. The summed E-state index contributed by atoms with van der Waals surface area (Å²) in [5.41, 5.74) is 3.38. The number of nitrogens with zero attached hydrogens (tertiary/aromatic N) is 3. The highest BCUT2D eigenvalue weighted by Gasteiger charge is 2.33. The van der Waals surface area contributed by atoms with Crippen LogP contribution in [0, 0.1) is 10.1 Å². The summed E-state index contributed by atoms with van der Waals surface area (Å²) in [5.74, 6) is -0.593. The first kappa shape index (κ1) is 30.4. The Morgan fingerprint density at radius 1 is 0.860 bits per heavy atom. The molecular formula is C30H27N5O7S. The van der Waals surface area contributed by atoms with Crippen LogP contribution in [-0.4, -0.2) is 44.5 Å². The van der Waals surface area contributed by atoms with E-state index in [9.17, 15) is 28.1 Å². The number of amides is 2. The number of anilines is 1. The number of benzene rings is 4. The van der Waals surface area contributed by atoms with Crippen LogP contribution in [0.4, 0.5) is 11.4 Å². The highest BCUT2D eigenvalue weighted by Crippen LogP contribution is 2.29. The van der Waals surface area contributed by atoms with Gasteiger partial charge in [-0.2, -0.15) is 5.10 Å². The van der Waals surface area contributed by atoms with Crippen LogP contribution in [0.3, 0.4) is 0 Å². The lowest BCUT2D eigenvalue weighted by Crippen LogP contribution is -2.39. The summed E-state index contributed by atoms with van der Waals surface area (Å²) < 4.78 is 33.2. The summed E-state index contributed by atoms with van der Waals surface area (Å²) in [4.78, 5) is 34.9. The average molecular weight is 602 g/mol. The van der Waals surface area contributed by atoms with Crippen molar-refractivity contribution in [1.29, 1.82) is 0 Å². The quantitative estimate of drug-likeness (QED) is 0.134. The Hall–Kier alpha value is -5.56. The molecule has 4 rings (SSSR count). The van der Waals surface area contributed by atoms with Gasteiger partial charge in [0.15, 0.2) is 11.5 Å². The molecule has 0 aliphatic heterocycles. The summed E-state index contributed by atoms with van der Waals surface area (Å²) in [6.45, 7) is -0.455. The van der Waals surface area contributed by atoms with E-state index >= 15 is 0 Å². The maximum atomic E-state index is 13.5. The molecule has 0 radical (unpaired) electrons. The van der Waals surface area contributed by atoms with Crippen LogP contribution in [0.5, 0.6) is 5.75 Å². The predicted molar refractivity (Wildman–Crippen MR) is 160 cm³/mol. The third kappa shape index (κ3) is 8.47. The van der Waals surface area contributed by atoms with Crippen LogP contribution in [0.1, 0.15) is 11.1 Å². The Bertz CT molecular complexity index is 1700. The molecule has 0 saturated heterocycles. The number of nitro groups is 1. The monoisotopic (exact) mass is 601 g/mol. The Morgan fingerprint density at radius 3 is 2.16 bits per heavy atom. The number of hydrogen-bond acceptors (Lipinski definition) is 8. The highest BCUT2D eigenvalue weighted by atomic mass is 32.2. The van der Waals surface area contributed by atoms with Gasteiger partial charge in [0, 0.05) is 12.6 Å². The molecule has 0 bridgehead atoms. The predicted octanol–water partition coefficient (Wildman–Crippen LogP) is 3.64. The number of sulfonamides is 1. The van der Waals surface area contributed by atoms with Gasteiger partial charge in [-0.15, -0.1) is 0 Å². The lowest BCUT2D eigenvalue weighted by molar-refractivity contribution is -0.387. The van der Waals surface area contributed by atoms with E-state index in [2.05, 4.69) is 15.8 Å². The van der Waals surface area contributed by atoms with Gasteiger partial charge in [-0.1, -0.05) is 60.7 Å². The van der Waals surface area contributed by atoms with Crippen LogP contribution in [0.15, 0.2) is 119 Å². The van der Waals surface area contributed by atoms with E-state index in [0.29, 0.717) is 17.9 Å². The Kier molecular flexibility index (Phi) is 10.2. The van der Waals surface area contributed by atoms with E-state index in [-0.39, 0.29) is 18.2 Å². The normalized spacial score (nSPS) is 11.1. The highest BCUT2D eigenvalue weighted by molar-refractivity contribution is 7.93. The standard InChI is InChI=1S/C30H27N5O7S/c36-29(21-34(25-11-5-2-6-12-25)43(40,41)28-14-8-7-13-27(28)35(38)39)33-32-20-24-15-17-26(18-16-24)42-22-30(37)31-19-23-9-3-1-4-10-23/h1-18,20H,19,21-22H2,(H,31,37)(H,33,36)/b32-20-. The van der Waals surface area contributed by atoms with Crippen molar-refractivity contribution in [2.24, 2.45) is 5.10 Å². The van der Waals surface area contributed by atoms with E-state index < -0.39 is 38.0 Å². The Balaban J connectivity index is 1.35. The first-order chi connectivity index (χ1) is 20.7. The lowest BCUT2D eigenvalue weighted by atomic mass is 10.2. The van der Waals surface area contributed by atoms with Crippen LogP contribution in [0.2, 0.25) is 0 Å². The number of para-hydroxylation sites is 2. The fraction of sp³-hybridized carbons (Fsp3) is 0.100. The smallest absolute Gasteiger partial charge is 0.289 e. The molecule has 13 heteroatoms. The molecule has 220 valence electrons. The van der Waals surface area contributed by atoms with Gasteiger partial charge >= 0.3 is 0 Å². The van der Waals surface area contributed by atoms with Crippen LogP contribution >= 0.6 is 0 Å². The van der Waals surface area contributed by atoms with E-state index in [1.54, 1.807) is 42.5 Å². The number of nitrogens with one attached hydrogen (secondary N) is 2. The third-order valence-corrected chi connectivity index (χ3v) is 7.77. The minimum Gasteiger partial charge on any atom is -0.484 e. The van der Waals surface area contributed by atoms with Crippen molar-refractivity contribution >= 4 is 39.4 Å². The number of rotatable bonds is 13. The molecule has 4 aromatic rings. The van der Waals surface area contributed by atoms with Crippen molar-refractivity contribution in [2.45, 2.75) is 11.4 Å². The summed E-state index contributed by atoms with van der Waals surface area (Å²) in [6, 6.07) is 28.7. The zero-order valence-corrected chi connectivity index (χ0v) is 23.5. The molecule has 0 unspecified atom stereocenters. The van der Waals surface area contributed by atoms with Crippen molar-refractivity contribution in [2.75, 3.05) is 17.5 Å². The second-order valence-corrected chi connectivity index (χ2v) is 10.8. The zero-order valence-electron chi connectivity index (χ0n) is 22.7. The molecule has 2 N–H and O–H groups in total. The first-order valence-electron chi connectivity index (χ1n) is 12.9. The van der Waals surface area contributed by atoms with Crippen LogP contribution in [-0.2, 0) is 26.2 Å². The van der Waals surface area contributed by atoms with Gasteiger partial charge < -0.3 is 10.1 Å². The summed E-state index contributed by atoms with van der Waals surface area (Å²) in [5, 5.41) is 18.1. The maximum absolute atomic E-state index is 13.5. The topological polar surface area (TPSA) is 160 Å². The number of nitro benzene ring substituents is 1. The number of hydrazone groups is 1. The van der Waals surface area contributed by atoms with Gasteiger partial charge in [0.1, 0.15) is 12.3 Å². The minimum absolute atomic E-state index is 0.143. The molecule has 0 aliphatic rings. The summed E-state index contributed by atoms with van der Waals surface area (Å²) in [7, 11) is -4.50. The van der Waals surface area contributed by atoms with E-state index in [1.165, 1.54) is 30.5 Å². The summed E-state index contributed by atoms with van der Waals surface area (Å²) in [6.07, 6.45) is 1.34. The van der Waals surface area contributed by atoms with Gasteiger partial charge in [-0.3, -0.25) is 24.0 Å². The molecular weight excluding hydrogens is 574 g/mol. The minimum atomic E-state index is -4.50. The average Bonchev–Trinajstić information content (AvgIpc) is 3.03. The zero-order chi connectivity index (χ0) is 30.7. The molecule has 0 atom stereocenters. The molecule has 0 fully saturated rings. The molecule has 43 heavy (non-hydrogen) atoms. The second-order valence-electron chi connectivity index (χ2n) is 8.99. The number of carbonyl (C=O) groups is 2. The van der Waals surface area contributed by atoms with Gasteiger partial charge in [0.2, 0.25) is 0 Å². The van der Waals surface area contributed by atoms with Crippen molar-refractivity contribution < 1.29 is 27.7 Å². The molecule has 0 heterocycles. The fourth-order valence-electron chi connectivity index (χ4n) is 3.85. The molecule has 0 spiro atoms. The summed E-state index contributed by atoms with van der Waals surface area (Å²) >= 11 is 0.